The van der Waals surface area contributed by atoms with Gasteiger partial charge in [0, 0.05) is 17.2 Å². The predicted octanol–water partition coefficient (Wildman–Crippen LogP) is 3.25. The summed E-state index contributed by atoms with van der Waals surface area (Å²) >= 11 is 0. The van der Waals surface area contributed by atoms with Crippen molar-refractivity contribution in [3.05, 3.63) is 82.9 Å². The van der Waals surface area contributed by atoms with Crippen LogP contribution in [0.15, 0.2) is 60.7 Å². The summed E-state index contributed by atoms with van der Waals surface area (Å²) < 4.78 is 10.4. The van der Waals surface area contributed by atoms with Crippen LogP contribution in [0.4, 0.5) is 0 Å². The lowest BCUT2D eigenvalue weighted by molar-refractivity contribution is 0.0809. The number of methoxy groups -OCH3 is 2. The zero-order valence-corrected chi connectivity index (χ0v) is 17.1. The van der Waals surface area contributed by atoms with Crippen LogP contribution >= 0.6 is 0 Å². The van der Waals surface area contributed by atoms with Crippen LogP contribution in [0.1, 0.15) is 41.4 Å². The highest BCUT2D eigenvalue weighted by molar-refractivity contribution is 6.52. The Kier molecular flexibility index (Phi) is 6.34. The number of phenolic OH excluding ortho intramolecular Hbond substituents is 2. The van der Waals surface area contributed by atoms with Crippen molar-refractivity contribution in [2.45, 2.75) is 0 Å². The molecule has 0 unspecified atom stereocenters. The summed E-state index contributed by atoms with van der Waals surface area (Å²) in [4.78, 5) is 51.2. The molecular formula is C24H18O8. The highest BCUT2D eigenvalue weighted by atomic mass is 16.5. The smallest absolute Gasteiger partial charge is 0.237 e. The molecule has 0 aliphatic heterocycles. The van der Waals surface area contributed by atoms with Gasteiger partial charge >= 0.3 is 0 Å². The van der Waals surface area contributed by atoms with Crippen LogP contribution in [0.3, 0.4) is 0 Å². The van der Waals surface area contributed by atoms with E-state index in [1.54, 1.807) is 0 Å². The summed E-state index contributed by atoms with van der Waals surface area (Å²) in [5, 5.41) is 19.2. The molecule has 0 saturated heterocycles. The van der Waals surface area contributed by atoms with Gasteiger partial charge in [0.05, 0.1) is 25.3 Å². The van der Waals surface area contributed by atoms with E-state index in [2.05, 4.69) is 0 Å². The van der Waals surface area contributed by atoms with Crippen molar-refractivity contribution in [2.75, 3.05) is 14.2 Å². The summed E-state index contributed by atoms with van der Waals surface area (Å²) in [5.74, 6) is -4.37. The van der Waals surface area contributed by atoms with Crippen molar-refractivity contribution in [1.29, 1.82) is 0 Å². The summed E-state index contributed by atoms with van der Waals surface area (Å²) in [6.07, 6.45) is 0. The number of carbonyl (C=O) groups excluding carboxylic acids is 4. The minimum atomic E-state index is -1.01. The number of rotatable bonds is 8. The van der Waals surface area contributed by atoms with E-state index < -0.39 is 23.1 Å². The maximum absolute atomic E-state index is 12.9. The van der Waals surface area contributed by atoms with Gasteiger partial charge in [-0.3, -0.25) is 19.2 Å². The number of hydrogen-bond donors (Lipinski definition) is 2. The Hall–Kier alpha value is -4.46. The topological polar surface area (TPSA) is 127 Å². The second kappa shape index (κ2) is 9.13. The lowest BCUT2D eigenvalue weighted by Crippen LogP contribution is -2.19. The largest absolute Gasteiger partial charge is 0.508 e. The molecule has 0 fully saturated rings. The number of benzene rings is 3. The molecule has 0 radical (unpaired) electrons. The molecule has 0 amide bonds. The summed E-state index contributed by atoms with van der Waals surface area (Å²) in [7, 11) is 2.54. The van der Waals surface area contributed by atoms with Crippen LogP contribution in [0, 0.1) is 0 Å². The Bertz CT molecular complexity index is 1150. The lowest BCUT2D eigenvalue weighted by Gasteiger charge is -2.13. The molecule has 8 nitrogen and oxygen atoms in total. The summed E-state index contributed by atoms with van der Waals surface area (Å²) in [5.41, 5.74) is -0.629. The van der Waals surface area contributed by atoms with Crippen LogP contribution in [-0.4, -0.2) is 47.6 Å². The van der Waals surface area contributed by atoms with E-state index in [9.17, 15) is 29.4 Å². The van der Waals surface area contributed by atoms with Gasteiger partial charge in [0.1, 0.15) is 23.0 Å². The average Bonchev–Trinajstić information content (AvgIpc) is 2.81. The van der Waals surface area contributed by atoms with Crippen molar-refractivity contribution in [3.63, 3.8) is 0 Å². The Labute approximate surface area is 182 Å². The van der Waals surface area contributed by atoms with Gasteiger partial charge in [0.25, 0.3) is 0 Å². The zero-order valence-electron chi connectivity index (χ0n) is 17.1. The number of Topliss-reactive ketones (excluding diaryl/α,β-unsaturated/α-hetero) is 4. The number of ketones is 4. The molecule has 3 rings (SSSR count). The van der Waals surface area contributed by atoms with E-state index >= 15 is 0 Å². The Balaban J connectivity index is 2.07. The molecule has 3 aromatic carbocycles. The van der Waals surface area contributed by atoms with Crippen LogP contribution in [-0.2, 0) is 0 Å². The van der Waals surface area contributed by atoms with E-state index in [0.717, 1.165) is 18.2 Å². The standard InChI is InChI=1S/C24H18O8/c1-31-19-12-20(32-2)18(24(30)22(28)14-6-4-8-16(26)10-14)11-17(19)23(29)21(27)13-5-3-7-15(25)9-13/h3-12,25-26H,1-2H3. The number of carbonyl (C=O) groups is 4. The van der Waals surface area contributed by atoms with Crippen LogP contribution in [0.2, 0.25) is 0 Å². The van der Waals surface area contributed by atoms with E-state index in [1.807, 2.05) is 0 Å². The Morgan fingerprint density at radius 1 is 0.594 bits per heavy atom. The molecule has 2 N–H and O–H groups in total. The quantitative estimate of drug-likeness (QED) is 0.409. The third-order valence-corrected chi connectivity index (χ3v) is 4.64. The van der Waals surface area contributed by atoms with E-state index in [1.165, 1.54) is 56.7 Å². The third-order valence-electron chi connectivity index (χ3n) is 4.64. The molecule has 0 heterocycles. The molecule has 0 aromatic heterocycles. The number of aromatic hydroxyl groups is 2. The number of hydrogen-bond acceptors (Lipinski definition) is 8. The lowest BCUT2D eigenvalue weighted by atomic mass is 9.94. The second-order valence-corrected chi connectivity index (χ2v) is 6.67. The molecule has 0 atom stereocenters. The Morgan fingerprint density at radius 3 is 1.34 bits per heavy atom. The number of ether oxygens (including phenoxy) is 2. The van der Waals surface area contributed by atoms with Gasteiger partial charge in [-0.05, 0) is 30.3 Å². The van der Waals surface area contributed by atoms with Gasteiger partial charge in [-0.15, -0.1) is 0 Å². The van der Waals surface area contributed by atoms with Gasteiger partial charge in [-0.25, -0.2) is 0 Å². The maximum Gasteiger partial charge on any atom is 0.237 e. The number of phenols is 2. The first-order chi connectivity index (χ1) is 15.3. The normalized spacial score (nSPS) is 10.3. The monoisotopic (exact) mass is 434 g/mol. The minimum absolute atomic E-state index is 0.0401. The predicted molar refractivity (Wildman–Crippen MR) is 113 cm³/mol. The van der Waals surface area contributed by atoms with Crippen molar-refractivity contribution in [2.24, 2.45) is 0 Å². The molecule has 3 aromatic rings. The SMILES string of the molecule is COc1cc(OC)c(C(=O)C(=O)c2cccc(O)c2)cc1C(=O)C(=O)c1cccc(O)c1. The van der Waals surface area contributed by atoms with Gasteiger partial charge in [0.2, 0.25) is 23.1 Å². The van der Waals surface area contributed by atoms with Gasteiger partial charge in [0.15, 0.2) is 0 Å². The molecular weight excluding hydrogens is 416 g/mol. The molecule has 0 saturated carbocycles. The second-order valence-electron chi connectivity index (χ2n) is 6.67. The van der Waals surface area contributed by atoms with Crippen molar-refractivity contribution in [3.8, 4) is 23.0 Å². The molecule has 8 heteroatoms. The molecule has 162 valence electrons. The van der Waals surface area contributed by atoms with Crippen molar-refractivity contribution in [1.82, 2.24) is 0 Å². The molecule has 0 bridgehead atoms. The zero-order chi connectivity index (χ0) is 23.4. The Morgan fingerprint density at radius 2 is 1.00 bits per heavy atom. The maximum atomic E-state index is 12.9. The first-order valence-corrected chi connectivity index (χ1v) is 9.29. The van der Waals surface area contributed by atoms with Crippen molar-refractivity contribution >= 4 is 23.1 Å². The van der Waals surface area contributed by atoms with Crippen molar-refractivity contribution < 1.29 is 38.9 Å². The van der Waals surface area contributed by atoms with E-state index in [0.29, 0.717) is 0 Å². The van der Waals surface area contributed by atoms with E-state index in [4.69, 9.17) is 9.47 Å². The molecule has 0 spiro atoms. The van der Waals surface area contributed by atoms with E-state index in [-0.39, 0.29) is 45.3 Å². The van der Waals surface area contributed by atoms with Crippen LogP contribution < -0.4 is 9.47 Å². The van der Waals surface area contributed by atoms with Gasteiger partial charge < -0.3 is 19.7 Å². The molecule has 32 heavy (non-hydrogen) atoms. The highest BCUT2D eigenvalue weighted by Crippen LogP contribution is 2.31. The average molecular weight is 434 g/mol. The van der Waals surface area contributed by atoms with Gasteiger partial charge in [-0.1, -0.05) is 24.3 Å². The fourth-order valence-electron chi connectivity index (χ4n) is 3.05. The fraction of sp³-hybridized carbons (Fsp3) is 0.0833. The minimum Gasteiger partial charge on any atom is -0.508 e. The first-order valence-electron chi connectivity index (χ1n) is 9.29. The third kappa shape index (κ3) is 4.34. The van der Waals surface area contributed by atoms with Gasteiger partial charge in [-0.2, -0.15) is 0 Å². The summed E-state index contributed by atoms with van der Waals surface area (Å²) in [6.45, 7) is 0. The fourth-order valence-corrected chi connectivity index (χ4v) is 3.05. The molecule has 0 aliphatic rings. The molecule has 0 aliphatic carbocycles. The highest BCUT2D eigenvalue weighted by Gasteiger charge is 2.28. The van der Waals surface area contributed by atoms with Crippen LogP contribution in [0.25, 0.3) is 0 Å². The first kappa shape index (κ1) is 22.2. The summed E-state index contributed by atoms with van der Waals surface area (Å²) in [6, 6.07) is 12.8. The van der Waals surface area contributed by atoms with Crippen LogP contribution in [0.5, 0.6) is 23.0 Å².